The van der Waals surface area contributed by atoms with Crippen molar-refractivity contribution in [2.75, 3.05) is 7.11 Å². The van der Waals surface area contributed by atoms with E-state index >= 15 is 0 Å². The molecule has 0 spiro atoms. The quantitative estimate of drug-likeness (QED) is 0.577. The molecule has 1 saturated heterocycles. The summed E-state index contributed by atoms with van der Waals surface area (Å²) in [4.78, 5) is 12.9. The van der Waals surface area contributed by atoms with Gasteiger partial charge in [-0.1, -0.05) is 49.6 Å². The van der Waals surface area contributed by atoms with Crippen LogP contribution in [0.4, 0.5) is 0 Å². The van der Waals surface area contributed by atoms with Gasteiger partial charge in [-0.15, -0.1) is 0 Å². The average molecular weight is 471 g/mol. The highest BCUT2D eigenvalue weighted by molar-refractivity contribution is 5.89. The van der Waals surface area contributed by atoms with Gasteiger partial charge in [-0.3, -0.25) is 0 Å². The highest BCUT2D eigenvalue weighted by atomic mass is 16.7. The van der Waals surface area contributed by atoms with Crippen molar-refractivity contribution in [3.8, 4) is 5.75 Å². The molecule has 0 radical (unpaired) electrons. The minimum absolute atomic E-state index is 0.0290. The van der Waals surface area contributed by atoms with Crippen LogP contribution in [-0.2, 0) is 25.6 Å². The highest BCUT2D eigenvalue weighted by Crippen LogP contribution is 2.31. The zero-order valence-electron chi connectivity index (χ0n) is 19.8. The van der Waals surface area contributed by atoms with E-state index < -0.39 is 36.7 Å². The molecule has 34 heavy (non-hydrogen) atoms. The van der Waals surface area contributed by atoms with Crippen LogP contribution in [0, 0.1) is 0 Å². The van der Waals surface area contributed by atoms with Crippen molar-refractivity contribution in [3.63, 3.8) is 0 Å². The lowest BCUT2D eigenvalue weighted by molar-refractivity contribution is -0.312. The first kappa shape index (κ1) is 24.7. The maximum absolute atomic E-state index is 12.9. The van der Waals surface area contributed by atoms with Gasteiger partial charge < -0.3 is 28.8 Å². The third-order valence-electron chi connectivity index (χ3n) is 6.49. The predicted molar refractivity (Wildman–Crippen MR) is 126 cm³/mol. The lowest BCUT2D eigenvalue weighted by atomic mass is 9.96. The minimum Gasteiger partial charge on any atom is -0.497 e. The molecule has 4 rings (SSSR count). The van der Waals surface area contributed by atoms with E-state index in [9.17, 15) is 9.90 Å². The van der Waals surface area contributed by atoms with Crippen LogP contribution in [0.1, 0.15) is 54.9 Å². The van der Waals surface area contributed by atoms with E-state index in [1.807, 2.05) is 30.3 Å². The fraction of sp³-hybridized carbons (Fsp3) is 0.519. The Labute approximate surface area is 200 Å². The number of methoxy groups -OCH3 is 1. The first-order chi connectivity index (χ1) is 16.5. The summed E-state index contributed by atoms with van der Waals surface area (Å²) >= 11 is 0. The van der Waals surface area contributed by atoms with Crippen molar-refractivity contribution < 1.29 is 33.6 Å². The Bertz CT molecular complexity index is 895. The number of hydrogen-bond donors (Lipinski definition) is 1. The van der Waals surface area contributed by atoms with Crippen LogP contribution in [0.3, 0.4) is 0 Å². The van der Waals surface area contributed by atoms with E-state index in [-0.39, 0.29) is 12.7 Å². The standard InChI is InChI=1S/C27H34O7/c1-18-23(28)24(31-17-19-13-15-21(30-2)16-14-19)25(34-26(29)20-9-5-3-6-10-20)27(32-18)33-22-11-7-4-8-12-22/h3,5-6,9-10,13-16,18,22-25,27-28H,4,7-8,11-12,17H2,1-2H3/t18-,23-,24+,25+,27-/m0/s1. The average Bonchev–Trinajstić information content (AvgIpc) is 2.88. The van der Waals surface area contributed by atoms with Crippen molar-refractivity contribution in [3.05, 3.63) is 65.7 Å². The van der Waals surface area contributed by atoms with Crippen molar-refractivity contribution in [2.24, 2.45) is 0 Å². The SMILES string of the molecule is COc1ccc(CO[C@@H]2[C@@H](O)[C@H](C)O[C@@H](OC3CCCCC3)[C@@H]2OC(=O)c2ccccc2)cc1. The molecule has 0 aromatic heterocycles. The number of aliphatic hydroxyl groups excluding tert-OH is 1. The molecule has 2 aliphatic rings. The molecule has 0 amide bonds. The Balaban J connectivity index is 1.53. The number of hydrogen-bond acceptors (Lipinski definition) is 7. The number of carbonyl (C=O) groups is 1. The molecule has 1 saturated carbocycles. The molecule has 2 aromatic rings. The number of esters is 1. The van der Waals surface area contributed by atoms with E-state index in [0.717, 1.165) is 37.0 Å². The first-order valence-electron chi connectivity index (χ1n) is 12.0. The number of benzene rings is 2. The van der Waals surface area contributed by atoms with Crippen LogP contribution in [0.5, 0.6) is 5.75 Å². The molecule has 7 nitrogen and oxygen atoms in total. The van der Waals surface area contributed by atoms with Crippen LogP contribution < -0.4 is 4.74 Å². The van der Waals surface area contributed by atoms with E-state index in [1.54, 1.807) is 38.3 Å². The van der Waals surface area contributed by atoms with Gasteiger partial charge in [0.25, 0.3) is 0 Å². The molecule has 0 bridgehead atoms. The molecule has 0 unspecified atom stereocenters. The lowest BCUT2D eigenvalue weighted by Gasteiger charge is -2.44. The molecule has 5 atom stereocenters. The van der Waals surface area contributed by atoms with Gasteiger partial charge in [0.1, 0.15) is 18.0 Å². The molecule has 1 heterocycles. The first-order valence-corrected chi connectivity index (χ1v) is 12.0. The fourth-order valence-electron chi connectivity index (χ4n) is 4.48. The number of ether oxygens (including phenoxy) is 5. The zero-order chi connectivity index (χ0) is 23.9. The zero-order valence-corrected chi connectivity index (χ0v) is 19.8. The Morgan fingerprint density at radius 3 is 2.38 bits per heavy atom. The summed E-state index contributed by atoms with van der Waals surface area (Å²) < 4.78 is 29.6. The lowest BCUT2D eigenvalue weighted by Crippen LogP contribution is -2.60. The molecular formula is C27H34O7. The Morgan fingerprint density at radius 1 is 1.00 bits per heavy atom. The molecule has 1 aliphatic heterocycles. The van der Waals surface area contributed by atoms with Gasteiger partial charge in [0.15, 0.2) is 12.4 Å². The Kier molecular flexibility index (Phi) is 8.56. The Morgan fingerprint density at radius 2 is 1.71 bits per heavy atom. The highest BCUT2D eigenvalue weighted by Gasteiger charge is 2.48. The number of carbonyl (C=O) groups excluding carboxylic acids is 1. The van der Waals surface area contributed by atoms with Gasteiger partial charge in [0.2, 0.25) is 0 Å². The third-order valence-corrected chi connectivity index (χ3v) is 6.49. The number of aliphatic hydroxyl groups is 1. The second kappa shape index (κ2) is 11.8. The summed E-state index contributed by atoms with van der Waals surface area (Å²) in [5.41, 5.74) is 1.32. The van der Waals surface area contributed by atoms with Gasteiger partial charge in [0, 0.05) is 0 Å². The topological polar surface area (TPSA) is 83.5 Å². The largest absolute Gasteiger partial charge is 0.497 e. The summed E-state index contributed by atoms with van der Waals surface area (Å²) in [6.07, 6.45) is 1.21. The second-order valence-electron chi connectivity index (χ2n) is 8.96. The van der Waals surface area contributed by atoms with Gasteiger partial charge >= 0.3 is 5.97 Å². The van der Waals surface area contributed by atoms with E-state index in [0.29, 0.717) is 5.56 Å². The van der Waals surface area contributed by atoms with Crippen molar-refractivity contribution >= 4 is 5.97 Å². The fourth-order valence-corrected chi connectivity index (χ4v) is 4.48. The second-order valence-corrected chi connectivity index (χ2v) is 8.96. The predicted octanol–water partition coefficient (Wildman–Crippen LogP) is 4.26. The van der Waals surface area contributed by atoms with Gasteiger partial charge in [-0.05, 0) is 49.6 Å². The smallest absolute Gasteiger partial charge is 0.338 e. The minimum atomic E-state index is -0.988. The van der Waals surface area contributed by atoms with Gasteiger partial charge in [-0.25, -0.2) is 4.79 Å². The van der Waals surface area contributed by atoms with Gasteiger partial charge in [0.05, 0.1) is 31.5 Å². The van der Waals surface area contributed by atoms with E-state index in [1.165, 1.54) is 6.42 Å². The molecule has 2 aromatic carbocycles. The van der Waals surface area contributed by atoms with Crippen molar-refractivity contribution in [1.29, 1.82) is 0 Å². The third kappa shape index (κ3) is 6.16. The summed E-state index contributed by atoms with van der Waals surface area (Å²) in [6.45, 7) is 2.01. The van der Waals surface area contributed by atoms with Crippen LogP contribution in [0.25, 0.3) is 0 Å². The monoisotopic (exact) mass is 470 g/mol. The number of rotatable bonds is 8. The summed E-state index contributed by atoms with van der Waals surface area (Å²) in [6, 6.07) is 16.3. The van der Waals surface area contributed by atoms with Crippen LogP contribution in [0.15, 0.2) is 54.6 Å². The maximum Gasteiger partial charge on any atom is 0.338 e. The molecule has 1 aliphatic carbocycles. The van der Waals surface area contributed by atoms with Crippen molar-refractivity contribution in [1.82, 2.24) is 0 Å². The molecular weight excluding hydrogens is 436 g/mol. The normalized spacial score (nSPS) is 27.8. The Hall–Kier alpha value is -2.45. The van der Waals surface area contributed by atoms with Gasteiger partial charge in [-0.2, -0.15) is 0 Å². The summed E-state index contributed by atoms with van der Waals surface area (Å²) in [5, 5.41) is 11.0. The van der Waals surface area contributed by atoms with Crippen LogP contribution in [-0.4, -0.2) is 55.0 Å². The maximum atomic E-state index is 12.9. The van der Waals surface area contributed by atoms with Crippen LogP contribution in [0.2, 0.25) is 0 Å². The van der Waals surface area contributed by atoms with E-state index in [2.05, 4.69) is 0 Å². The molecule has 184 valence electrons. The van der Waals surface area contributed by atoms with Crippen LogP contribution >= 0.6 is 0 Å². The molecule has 7 heteroatoms. The summed E-state index contributed by atoms with van der Waals surface area (Å²) in [5.74, 6) is 0.241. The summed E-state index contributed by atoms with van der Waals surface area (Å²) in [7, 11) is 1.61. The van der Waals surface area contributed by atoms with E-state index in [4.69, 9.17) is 23.7 Å². The molecule has 2 fully saturated rings. The van der Waals surface area contributed by atoms with Crippen molar-refractivity contribution in [2.45, 2.75) is 82.4 Å². The molecule has 1 N–H and O–H groups in total.